The number of carbonyl (C=O) groups excluding carboxylic acids is 3. The van der Waals surface area contributed by atoms with Gasteiger partial charge in [0.05, 0.1) is 6.10 Å². The number of hydrogen-bond acceptors (Lipinski definition) is 8. The van der Waals surface area contributed by atoms with Gasteiger partial charge in [0.2, 0.25) is 5.91 Å². The molecule has 0 spiro atoms. The molecule has 1 aromatic heterocycles. The van der Waals surface area contributed by atoms with Crippen LogP contribution in [0.5, 0.6) is 0 Å². The fourth-order valence-corrected chi connectivity index (χ4v) is 4.76. The summed E-state index contributed by atoms with van der Waals surface area (Å²) in [5, 5.41) is 23.0. The van der Waals surface area contributed by atoms with Crippen molar-refractivity contribution in [1.29, 1.82) is 0 Å². The number of aromatic nitrogens is 1. The van der Waals surface area contributed by atoms with Gasteiger partial charge < -0.3 is 29.6 Å². The molecule has 1 aromatic rings. The lowest BCUT2D eigenvalue weighted by Gasteiger charge is -2.30. The lowest BCUT2D eigenvalue weighted by molar-refractivity contribution is -0.159. The third-order valence-electron chi connectivity index (χ3n) is 6.86. The fraction of sp³-hybridized carbons (Fsp3) is 0.517. The number of aliphatic hydroxyl groups excluding tert-OH is 2. The Morgan fingerprint density at radius 2 is 2.05 bits per heavy atom. The summed E-state index contributed by atoms with van der Waals surface area (Å²) in [6, 6.07) is -0.793. The molecule has 2 aliphatic heterocycles. The second-order valence-electron chi connectivity index (χ2n) is 10.3. The summed E-state index contributed by atoms with van der Waals surface area (Å²) in [4.78, 5) is 44.5. The molecule has 39 heavy (non-hydrogen) atoms. The first kappa shape index (κ1) is 30.0. The highest BCUT2D eigenvalue weighted by atomic mass is 16.5. The van der Waals surface area contributed by atoms with Crippen LogP contribution < -0.4 is 5.32 Å². The standard InChI is InChI=1S/C29H39N3O7/c1-18-7-5-11-30-25(35)10-9-20(3)27(21(4)16-33)39-29(37)24-8-6-12-32(24)28(36)23-17-38-26(31-23)15-19(2)14-22(34)13-18/h5,7,9-10,13,17,20-22,24,27,33-34H,2,6,8,11-12,14-16H2,1,3-4H3,(H,30,35)/b7-5+,10-9+,18-13+/t20-,21+,22-,24-,27+/m1/s1. The van der Waals surface area contributed by atoms with Crippen molar-refractivity contribution < 1.29 is 33.8 Å². The number of fused-ring (bicyclic) bond motifs is 3. The predicted molar refractivity (Wildman–Crippen MR) is 144 cm³/mol. The zero-order valence-corrected chi connectivity index (χ0v) is 22.8. The Labute approximate surface area is 229 Å². The smallest absolute Gasteiger partial charge is 0.329 e. The molecule has 0 aromatic carbocycles. The topological polar surface area (TPSA) is 142 Å². The molecule has 1 fully saturated rings. The summed E-state index contributed by atoms with van der Waals surface area (Å²) in [6.07, 6.45) is 9.67. The maximum absolute atomic E-state index is 13.2. The highest BCUT2D eigenvalue weighted by molar-refractivity contribution is 5.95. The molecule has 3 rings (SSSR count). The van der Waals surface area contributed by atoms with E-state index in [1.54, 1.807) is 38.2 Å². The number of esters is 1. The molecule has 5 atom stereocenters. The number of aliphatic hydroxyl groups is 2. The van der Waals surface area contributed by atoms with Crippen LogP contribution in [0.3, 0.4) is 0 Å². The molecule has 0 radical (unpaired) electrons. The van der Waals surface area contributed by atoms with E-state index in [-0.39, 0.29) is 43.5 Å². The first-order valence-electron chi connectivity index (χ1n) is 13.3. The van der Waals surface area contributed by atoms with Gasteiger partial charge in [-0.25, -0.2) is 9.78 Å². The summed E-state index contributed by atoms with van der Waals surface area (Å²) in [6.45, 7) is 9.84. The zero-order chi connectivity index (χ0) is 28.5. The van der Waals surface area contributed by atoms with Gasteiger partial charge in [0.1, 0.15) is 18.4 Å². The number of amides is 2. The van der Waals surface area contributed by atoms with Crippen molar-refractivity contribution in [2.45, 2.75) is 64.7 Å². The molecule has 2 bridgehead atoms. The van der Waals surface area contributed by atoms with Gasteiger partial charge in [0, 0.05) is 38.0 Å². The molecule has 10 nitrogen and oxygen atoms in total. The van der Waals surface area contributed by atoms with Gasteiger partial charge in [-0.15, -0.1) is 0 Å². The summed E-state index contributed by atoms with van der Waals surface area (Å²) in [5.74, 6) is -1.79. The maximum Gasteiger partial charge on any atom is 0.329 e. The quantitative estimate of drug-likeness (QED) is 0.383. The minimum Gasteiger partial charge on any atom is -0.460 e. The molecule has 3 N–H and O–H groups in total. The van der Waals surface area contributed by atoms with E-state index >= 15 is 0 Å². The molecular weight excluding hydrogens is 502 g/mol. The Kier molecular flexibility index (Phi) is 10.8. The van der Waals surface area contributed by atoms with E-state index in [0.717, 1.165) is 5.57 Å². The molecule has 0 unspecified atom stereocenters. The van der Waals surface area contributed by atoms with Crippen LogP contribution in [0.4, 0.5) is 0 Å². The van der Waals surface area contributed by atoms with E-state index in [1.807, 2.05) is 6.92 Å². The van der Waals surface area contributed by atoms with Gasteiger partial charge in [-0.2, -0.15) is 0 Å². The number of cyclic esters (lactones) is 1. The van der Waals surface area contributed by atoms with Gasteiger partial charge in [0.25, 0.3) is 5.91 Å². The van der Waals surface area contributed by atoms with Gasteiger partial charge in [-0.05, 0) is 32.3 Å². The first-order valence-corrected chi connectivity index (χ1v) is 13.3. The van der Waals surface area contributed by atoms with Crippen LogP contribution in [0.1, 0.15) is 56.4 Å². The van der Waals surface area contributed by atoms with E-state index in [2.05, 4.69) is 16.9 Å². The third-order valence-corrected chi connectivity index (χ3v) is 6.86. The number of rotatable bonds is 2. The summed E-state index contributed by atoms with van der Waals surface area (Å²) < 4.78 is 11.3. The number of allylic oxidation sites excluding steroid dienone is 2. The van der Waals surface area contributed by atoms with Crippen molar-refractivity contribution in [2.24, 2.45) is 11.8 Å². The molecule has 1 saturated heterocycles. The zero-order valence-electron chi connectivity index (χ0n) is 22.8. The third kappa shape index (κ3) is 8.49. The largest absolute Gasteiger partial charge is 0.460 e. The molecule has 3 heterocycles. The maximum atomic E-state index is 13.2. The summed E-state index contributed by atoms with van der Waals surface area (Å²) in [5.41, 5.74) is 1.58. The average molecular weight is 542 g/mol. The van der Waals surface area contributed by atoms with Gasteiger partial charge in [-0.1, -0.05) is 55.9 Å². The van der Waals surface area contributed by atoms with Crippen molar-refractivity contribution in [3.05, 3.63) is 66.0 Å². The molecular formula is C29H39N3O7. The molecule has 10 heteroatoms. The predicted octanol–water partition coefficient (Wildman–Crippen LogP) is 2.49. The van der Waals surface area contributed by atoms with Gasteiger partial charge in [0.15, 0.2) is 11.6 Å². The average Bonchev–Trinajstić information content (AvgIpc) is 3.57. The van der Waals surface area contributed by atoms with Crippen LogP contribution in [0.25, 0.3) is 0 Å². The molecule has 0 aliphatic carbocycles. The second kappa shape index (κ2) is 14.0. The van der Waals surface area contributed by atoms with Crippen molar-refractivity contribution in [1.82, 2.24) is 15.2 Å². The van der Waals surface area contributed by atoms with Crippen LogP contribution in [0, 0.1) is 11.8 Å². The molecule has 2 aliphatic rings. The van der Waals surface area contributed by atoms with Crippen LogP contribution in [-0.2, 0) is 20.7 Å². The lowest BCUT2D eigenvalue weighted by Crippen LogP contribution is -2.44. The lowest BCUT2D eigenvalue weighted by atomic mass is 9.93. The minimum absolute atomic E-state index is 0.0832. The van der Waals surface area contributed by atoms with Crippen LogP contribution in [0.2, 0.25) is 0 Å². The van der Waals surface area contributed by atoms with Crippen LogP contribution >= 0.6 is 0 Å². The van der Waals surface area contributed by atoms with Crippen LogP contribution in [-0.4, -0.2) is 75.8 Å². The van der Waals surface area contributed by atoms with Crippen molar-refractivity contribution in [3.63, 3.8) is 0 Å². The van der Waals surface area contributed by atoms with Gasteiger partial charge >= 0.3 is 5.97 Å². The number of nitrogens with one attached hydrogen (secondary N) is 1. The Balaban J connectivity index is 1.87. The van der Waals surface area contributed by atoms with E-state index in [9.17, 15) is 24.6 Å². The normalized spacial score (nSPS) is 30.0. The van der Waals surface area contributed by atoms with Gasteiger partial charge in [-0.3, -0.25) is 9.59 Å². The second-order valence-corrected chi connectivity index (χ2v) is 10.3. The number of oxazole rings is 1. The Morgan fingerprint density at radius 1 is 1.28 bits per heavy atom. The summed E-state index contributed by atoms with van der Waals surface area (Å²) >= 11 is 0. The number of ether oxygens (including phenoxy) is 1. The number of nitrogens with zero attached hydrogens (tertiary/aromatic N) is 2. The summed E-state index contributed by atoms with van der Waals surface area (Å²) in [7, 11) is 0. The molecule has 0 saturated carbocycles. The minimum atomic E-state index is -0.793. The van der Waals surface area contributed by atoms with E-state index in [1.165, 1.54) is 17.2 Å². The van der Waals surface area contributed by atoms with E-state index in [0.29, 0.717) is 30.9 Å². The number of hydrogen-bond donors (Lipinski definition) is 3. The highest BCUT2D eigenvalue weighted by Gasteiger charge is 2.39. The fourth-order valence-electron chi connectivity index (χ4n) is 4.76. The van der Waals surface area contributed by atoms with Crippen molar-refractivity contribution in [2.75, 3.05) is 19.7 Å². The first-order chi connectivity index (χ1) is 18.6. The Bertz CT molecular complexity index is 1140. The van der Waals surface area contributed by atoms with E-state index in [4.69, 9.17) is 9.15 Å². The van der Waals surface area contributed by atoms with Crippen LogP contribution in [0.15, 0.2) is 58.8 Å². The van der Waals surface area contributed by atoms with E-state index < -0.39 is 36.0 Å². The SMILES string of the molecule is C=C1Cc2nc(co2)C(=O)N2CCC[C@@H]2C(=O)O[C@H]([C@@H](C)CO)[C@H](C)/C=C/C(=O)NC/C=C/C(C)=C/[C@@H](O)C1. The Hall–Kier alpha value is -3.50. The monoisotopic (exact) mass is 541 g/mol. The van der Waals surface area contributed by atoms with Crippen molar-refractivity contribution in [3.8, 4) is 0 Å². The molecule has 2 amide bonds. The highest BCUT2D eigenvalue weighted by Crippen LogP contribution is 2.25. The van der Waals surface area contributed by atoms with Crippen molar-refractivity contribution >= 4 is 17.8 Å². The Morgan fingerprint density at radius 3 is 2.79 bits per heavy atom. The molecule has 212 valence electrons. The number of carbonyl (C=O) groups is 3.